The number of methoxy groups -OCH3 is 1. The molecule has 0 aliphatic carbocycles. The van der Waals surface area contributed by atoms with Crippen molar-refractivity contribution in [3.63, 3.8) is 0 Å². The Morgan fingerprint density at radius 2 is 2.10 bits per heavy atom. The maximum absolute atomic E-state index is 12.1. The first-order valence-electron chi connectivity index (χ1n) is 5.76. The van der Waals surface area contributed by atoms with Crippen molar-refractivity contribution in [1.82, 2.24) is 4.72 Å². The van der Waals surface area contributed by atoms with Gasteiger partial charge in [0.2, 0.25) is 10.0 Å². The van der Waals surface area contributed by atoms with Crippen molar-refractivity contribution < 1.29 is 23.1 Å². The first kappa shape index (κ1) is 16.2. The fourth-order valence-electron chi connectivity index (χ4n) is 1.41. The lowest BCUT2D eigenvalue weighted by molar-refractivity contribution is -0.140. The monoisotopic (exact) mass is 297 g/mol. The van der Waals surface area contributed by atoms with Crippen molar-refractivity contribution in [3.8, 4) is 11.8 Å². The lowest BCUT2D eigenvalue weighted by atomic mass is 10.2. The van der Waals surface area contributed by atoms with Crippen LogP contribution >= 0.6 is 0 Å². The van der Waals surface area contributed by atoms with Crippen LogP contribution in [0.4, 0.5) is 0 Å². The van der Waals surface area contributed by atoms with Crippen LogP contribution in [0.15, 0.2) is 29.2 Å². The summed E-state index contributed by atoms with van der Waals surface area (Å²) in [5.41, 5.74) is 0.284. The Balaban J connectivity index is 2.90. The topological polar surface area (TPSA) is 92.7 Å². The van der Waals surface area contributed by atoms with Crippen molar-refractivity contribution in [2.75, 3.05) is 20.3 Å². The minimum Gasteiger partial charge on any atom is -0.469 e. The molecule has 20 heavy (non-hydrogen) atoms. The Hall–Kier alpha value is -1.88. The highest BCUT2D eigenvalue weighted by atomic mass is 32.2. The van der Waals surface area contributed by atoms with Crippen LogP contribution in [-0.4, -0.2) is 39.8 Å². The molecule has 0 aliphatic heterocycles. The molecule has 0 radical (unpaired) electrons. The Kier molecular flexibility index (Phi) is 6.18. The van der Waals surface area contributed by atoms with Gasteiger partial charge in [-0.15, -0.1) is 0 Å². The Morgan fingerprint density at radius 3 is 2.75 bits per heavy atom. The van der Waals surface area contributed by atoms with E-state index in [1.54, 1.807) is 12.1 Å². The van der Waals surface area contributed by atoms with Gasteiger partial charge in [0.1, 0.15) is 6.61 Å². The van der Waals surface area contributed by atoms with E-state index in [1.807, 2.05) is 0 Å². The number of rotatable bonds is 5. The van der Waals surface area contributed by atoms with Crippen molar-refractivity contribution in [2.45, 2.75) is 11.3 Å². The second-order valence-electron chi connectivity index (χ2n) is 3.68. The third kappa shape index (κ3) is 4.66. The van der Waals surface area contributed by atoms with Crippen LogP contribution in [0.25, 0.3) is 0 Å². The summed E-state index contributed by atoms with van der Waals surface area (Å²) < 4.78 is 30.9. The molecule has 1 rings (SSSR count). The van der Waals surface area contributed by atoms with E-state index < -0.39 is 16.0 Å². The number of hydrogen-bond acceptors (Lipinski definition) is 5. The second-order valence-corrected chi connectivity index (χ2v) is 5.42. The molecule has 108 valence electrons. The van der Waals surface area contributed by atoms with Gasteiger partial charge in [0.15, 0.2) is 0 Å². The third-order valence-corrected chi connectivity index (χ3v) is 3.85. The average Bonchev–Trinajstić information content (AvgIpc) is 2.45. The second kappa shape index (κ2) is 7.65. The number of aliphatic hydroxyl groups is 1. The molecule has 0 saturated heterocycles. The van der Waals surface area contributed by atoms with Crippen molar-refractivity contribution in [1.29, 1.82) is 0 Å². The smallest absolute Gasteiger partial charge is 0.306 e. The molecular weight excluding hydrogens is 282 g/mol. The number of esters is 1. The van der Waals surface area contributed by atoms with Gasteiger partial charge in [-0.25, -0.2) is 13.1 Å². The quantitative estimate of drug-likeness (QED) is 0.583. The van der Waals surface area contributed by atoms with E-state index in [2.05, 4.69) is 21.3 Å². The molecule has 6 nitrogen and oxygen atoms in total. The van der Waals surface area contributed by atoms with E-state index in [0.717, 1.165) is 0 Å². The van der Waals surface area contributed by atoms with Crippen LogP contribution in [-0.2, 0) is 19.6 Å². The van der Waals surface area contributed by atoms with E-state index in [9.17, 15) is 13.2 Å². The molecule has 7 heteroatoms. The van der Waals surface area contributed by atoms with Gasteiger partial charge in [-0.2, -0.15) is 0 Å². The van der Waals surface area contributed by atoms with Gasteiger partial charge in [-0.3, -0.25) is 4.79 Å². The predicted molar refractivity (Wildman–Crippen MR) is 72.2 cm³/mol. The summed E-state index contributed by atoms with van der Waals surface area (Å²) in [4.78, 5) is 10.9. The van der Waals surface area contributed by atoms with E-state index >= 15 is 0 Å². The summed E-state index contributed by atoms with van der Waals surface area (Å²) >= 11 is 0. The molecular formula is C13H15NO5S. The Bertz CT molecular complexity index is 628. The fraction of sp³-hybridized carbons (Fsp3) is 0.308. The van der Waals surface area contributed by atoms with Crippen molar-refractivity contribution in [2.24, 2.45) is 0 Å². The molecule has 2 N–H and O–H groups in total. The molecule has 0 bridgehead atoms. The van der Waals surface area contributed by atoms with E-state index in [1.165, 1.54) is 19.2 Å². The van der Waals surface area contributed by atoms with Gasteiger partial charge in [-0.1, -0.05) is 24.0 Å². The van der Waals surface area contributed by atoms with E-state index in [-0.39, 0.29) is 30.0 Å². The molecule has 1 aromatic carbocycles. The lowest BCUT2D eigenvalue weighted by Crippen LogP contribution is -2.27. The average molecular weight is 297 g/mol. The van der Waals surface area contributed by atoms with Crippen molar-refractivity contribution >= 4 is 16.0 Å². The summed E-state index contributed by atoms with van der Waals surface area (Å²) in [7, 11) is -2.53. The van der Waals surface area contributed by atoms with Gasteiger partial charge in [0, 0.05) is 12.1 Å². The number of carbonyl (C=O) groups is 1. The lowest BCUT2D eigenvalue weighted by Gasteiger charge is -2.07. The molecule has 0 heterocycles. The van der Waals surface area contributed by atoms with Crippen molar-refractivity contribution in [3.05, 3.63) is 29.8 Å². The summed E-state index contributed by atoms with van der Waals surface area (Å²) in [6.45, 7) is -0.416. The maximum atomic E-state index is 12.1. The minimum absolute atomic E-state index is 0.00539. The zero-order chi connectivity index (χ0) is 15.0. The molecule has 0 aliphatic rings. The zero-order valence-corrected chi connectivity index (χ0v) is 11.7. The van der Waals surface area contributed by atoms with Gasteiger partial charge in [-0.05, 0) is 12.1 Å². The first-order valence-corrected chi connectivity index (χ1v) is 7.25. The number of sulfonamides is 1. The number of nitrogens with one attached hydrogen (secondary N) is 1. The van der Waals surface area contributed by atoms with Gasteiger partial charge in [0.25, 0.3) is 0 Å². The highest BCUT2D eigenvalue weighted by Gasteiger charge is 2.17. The van der Waals surface area contributed by atoms with Crippen LogP contribution < -0.4 is 4.72 Å². The minimum atomic E-state index is -3.77. The highest BCUT2D eigenvalue weighted by Crippen LogP contribution is 2.14. The third-order valence-electron chi connectivity index (χ3n) is 2.33. The molecule has 0 spiro atoms. The Labute approximate surface area is 117 Å². The molecule has 0 saturated carbocycles. The van der Waals surface area contributed by atoms with Gasteiger partial charge >= 0.3 is 5.97 Å². The van der Waals surface area contributed by atoms with Crippen LogP contribution in [0.2, 0.25) is 0 Å². The predicted octanol–water partition coefficient (Wildman–Crippen LogP) is -0.128. The maximum Gasteiger partial charge on any atom is 0.306 e. The van der Waals surface area contributed by atoms with Crippen LogP contribution in [0.5, 0.6) is 0 Å². The SMILES string of the molecule is COC(=O)CCNS(=O)(=O)c1ccccc1C#CCO. The number of carbonyl (C=O) groups excluding carboxylic acids is 1. The number of aliphatic hydroxyl groups excluding tert-OH is 1. The summed E-state index contributed by atoms with van der Waals surface area (Å²) in [5, 5.41) is 8.66. The van der Waals surface area contributed by atoms with Crippen LogP contribution in [0.3, 0.4) is 0 Å². The van der Waals surface area contributed by atoms with Gasteiger partial charge < -0.3 is 9.84 Å². The molecule has 1 aromatic rings. The highest BCUT2D eigenvalue weighted by molar-refractivity contribution is 7.89. The van der Waals surface area contributed by atoms with Crippen LogP contribution in [0.1, 0.15) is 12.0 Å². The summed E-state index contributed by atoms with van der Waals surface area (Å²) in [5.74, 6) is 4.47. The first-order chi connectivity index (χ1) is 9.51. The van der Waals surface area contributed by atoms with E-state index in [4.69, 9.17) is 5.11 Å². The zero-order valence-electron chi connectivity index (χ0n) is 10.9. The summed E-state index contributed by atoms with van der Waals surface area (Å²) in [6.07, 6.45) is -0.0553. The normalized spacial score (nSPS) is 10.5. The molecule has 0 atom stereocenters. The number of ether oxygens (including phenoxy) is 1. The number of hydrogen-bond donors (Lipinski definition) is 2. The van der Waals surface area contributed by atoms with Gasteiger partial charge in [0.05, 0.1) is 18.4 Å². The molecule has 0 fully saturated rings. The standard InChI is InChI=1S/C13H15NO5S/c1-19-13(16)8-9-14-20(17,18)12-7-3-2-5-11(12)6-4-10-15/h2-3,5,7,14-15H,8-10H2,1H3. The summed E-state index contributed by atoms with van der Waals surface area (Å²) in [6, 6.07) is 6.16. The molecule has 0 unspecified atom stereocenters. The number of benzene rings is 1. The van der Waals surface area contributed by atoms with E-state index in [0.29, 0.717) is 0 Å². The van der Waals surface area contributed by atoms with Crippen LogP contribution in [0, 0.1) is 11.8 Å². The molecule has 0 amide bonds. The largest absolute Gasteiger partial charge is 0.469 e. The molecule has 0 aromatic heterocycles. The Morgan fingerprint density at radius 1 is 1.40 bits per heavy atom. The fourth-order valence-corrected chi connectivity index (χ4v) is 2.60.